The molecule has 0 spiro atoms. The lowest BCUT2D eigenvalue weighted by Gasteiger charge is -2.42. The Labute approximate surface area is 149 Å². The van der Waals surface area contributed by atoms with Gasteiger partial charge in [0.05, 0.1) is 6.54 Å². The Balaban J connectivity index is 0.00000182. The summed E-state index contributed by atoms with van der Waals surface area (Å²) in [4.78, 5) is 1.47. The van der Waals surface area contributed by atoms with Gasteiger partial charge in [-0.05, 0) is 41.2 Å². The molecule has 1 aliphatic heterocycles. The fraction of sp³-hybridized carbons (Fsp3) is 0.333. The molecule has 1 atom stereocenters. The summed E-state index contributed by atoms with van der Waals surface area (Å²) in [6, 6.07) is 8.30. The van der Waals surface area contributed by atoms with Crippen LogP contribution in [0.3, 0.4) is 0 Å². The van der Waals surface area contributed by atoms with Gasteiger partial charge in [0.25, 0.3) is 0 Å². The number of fused-ring (bicyclic) bond motifs is 2. The first kappa shape index (κ1) is 17.9. The van der Waals surface area contributed by atoms with Gasteiger partial charge in [0.2, 0.25) is 0 Å². The normalized spacial score (nSPS) is 18.9. The maximum atomic E-state index is 12.9. The molecule has 2 N–H and O–H groups in total. The molecule has 3 nitrogen and oxygen atoms in total. The first-order valence-electron chi connectivity index (χ1n) is 7.82. The Hall–Kier alpha value is -1.92. The second-order valence-electron chi connectivity index (χ2n) is 6.40. The average molecular weight is 372 g/mol. The quantitative estimate of drug-likeness (QED) is 0.738. The minimum Gasteiger partial charge on any atom is -0.504 e. The number of rotatable bonds is 1. The Kier molecular flexibility index (Phi) is 4.37. The van der Waals surface area contributed by atoms with E-state index in [4.69, 9.17) is 0 Å². The van der Waals surface area contributed by atoms with E-state index < -0.39 is 12.7 Å². The molecule has 7 heteroatoms. The predicted molar refractivity (Wildman–Crippen MR) is 90.2 cm³/mol. The zero-order valence-electron chi connectivity index (χ0n) is 13.2. The summed E-state index contributed by atoms with van der Waals surface area (Å²) in [6.45, 7) is -0.579. The van der Waals surface area contributed by atoms with Crippen LogP contribution in [0, 0.1) is 0 Å². The monoisotopic (exact) mass is 371 g/mol. The van der Waals surface area contributed by atoms with Gasteiger partial charge in [-0.15, -0.1) is 12.4 Å². The standard InChI is InChI=1S/C18H16F3NO2.ClH/c19-18(20,21)9-22-7-6-10-2-1-3-12-15(10)13(22)8-11-4-5-14(23)17(24)16(11)12;/h1-5,13,23-24H,6-9H2;1H/t13-;/m1./s1. The van der Waals surface area contributed by atoms with Crippen molar-refractivity contribution in [3.63, 3.8) is 0 Å². The molecule has 2 aliphatic rings. The number of nitrogens with zero attached hydrogens (tertiary/aromatic N) is 1. The molecule has 4 rings (SSSR count). The molecule has 1 heterocycles. The topological polar surface area (TPSA) is 43.7 Å². The van der Waals surface area contributed by atoms with Gasteiger partial charge in [0, 0.05) is 18.2 Å². The van der Waals surface area contributed by atoms with E-state index in [-0.39, 0.29) is 29.9 Å². The molecule has 0 saturated carbocycles. The van der Waals surface area contributed by atoms with Gasteiger partial charge >= 0.3 is 6.18 Å². The maximum Gasteiger partial charge on any atom is 0.401 e. The number of hydrogen-bond donors (Lipinski definition) is 2. The van der Waals surface area contributed by atoms with Gasteiger partial charge in [-0.3, -0.25) is 4.90 Å². The van der Waals surface area contributed by atoms with E-state index in [0.29, 0.717) is 24.9 Å². The van der Waals surface area contributed by atoms with Crippen molar-refractivity contribution in [3.05, 3.63) is 47.0 Å². The molecule has 0 radical (unpaired) electrons. The minimum atomic E-state index is -4.25. The van der Waals surface area contributed by atoms with Crippen molar-refractivity contribution in [3.8, 4) is 22.6 Å². The van der Waals surface area contributed by atoms with Crippen LogP contribution >= 0.6 is 12.4 Å². The van der Waals surface area contributed by atoms with Crippen molar-refractivity contribution in [2.24, 2.45) is 0 Å². The third kappa shape index (κ3) is 2.93. The van der Waals surface area contributed by atoms with Gasteiger partial charge in [-0.2, -0.15) is 13.2 Å². The van der Waals surface area contributed by atoms with Gasteiger partial charge in [0.15, 0.2) is 11.5 Å². The summed E-state index contributed by atoms with van der Waals surface area (Å²) in [5.41, 5.74) is 3.88. The van der Waals surface area contributed by atoms with Gasteiger partial charge in [-0.25, -0.2) is 0 Å². The van der Waals surface area contributed by atoms with E-state index in [0.717, 1.165) is 22.3 Å². The van der Waals surface area contributed by atoms with E-state index in [9.17, 15) is 23.4 Å². The van der Waals surface area contributed by atoms with E-state index >= 15 is 0 Å². The van der Waals surface area contributed by atoms with E-state index in [1.807, 2.05) is 12.1 Å². The van der Waals surface area contributed by atoms with Crippen LogP contribution in [0.15, 0.2) is 30.3 Å². The van der Waals surface area contributed by atoms with Crippen LogP contribution in [0.4, 0.5) is 13.2 Å². The van der Waals surface area contributed by atoms with Crippen molar-refractivity contribution >= 4 is 12.4 Å². The molecule has 1 aliphatic carbocycles. The molecular weight excluding hydrogens is 355 g/mol. The number of alkyl halides is 3. The van der Waals surface area contributed by atoms with Gasteiger partial charge in [-0.1, -0.05) is 24.3 Å². The van der Waals surface area contributed by atoms with Crippen molar-refractivity contribution in [2.75, 3.05) is 13.1 Å². The van der Waals surface area contributed by atoms with Crippen LogP contribution in [-0.4, -0.2) is 34.4 Å². The summed E-state index contributed by atoms with van der Waals surface area (Å²) in [6.07, 6.45) is -3.31. The summed E-state index contributed by atoms with van der Waals surface area (Å²) < 4.78 is 38.8. The highest BCUT2D eigenvalue weighted by atomic mass is 35.5. The molecule has 0 unspecified atom stereocenters. The predicted octanol–water partition coefficient (Wildman–Crippen LogP) is 4.20. The number of phenolic OH excluding ortho intramolecular Hbond substituents is 2. The van der Waals surface area contributed by atoms with Crippen molar-refractivity contribution < 1.29 is 23.4 Å². The third-order valence-electron chi connectivity index (χ3n) is 4.95. The van der Waals surface area contributed by atoms with Crippen molar-refractivity contribution in [1.29, 1.82) is 0 Å². The minimum absolute atomic E-state index is 0. The smallest absolute Gasteiger partial charge is 0.401 e. The third-order valence-corrected chi connectivity index (χ3v) is 4.95. The summed E-state index contributed by atoms with van der Waals surface area (Å²) >= 11 is 0. The fourth-order valence-electron chi connectivity index (χ4n) is 4.00. The number of hydrogen-bond acceptors (Lipinski definition) is 3. The Bertz CT molecular complexity index is 823. The van der Waals surface area contributed by atoms with Crippen LogP contribution in [0.25, 0.3) is 11.1 Å². The zero-order valence-corrected chi connectivity index (χ0v) is 14.0. The van der Waals surface area contributed by atoms with E-state index in [1.54, 1.807) is 12.1 Å². The Morgan fingerprint density at radius 3 is 2.56 bits per heavy atom. The molecule has 0 fully saturated rings. The van der Waals surface area contributed by atoms with E-state index in [2.05, 4.69) is 0 Å². The first-order chi connectivity index (χ1) is 11.3. The fourth-order valence-corrected chi connectivity index (χ4v) is 4.00. The second kappa shape index (κ2) is 6.11. The van der Waals surface area contributed by atoms with Crippen LogP contribution < -0.4 is 0 Å². The van der Waals surface area contributed by atoms with Crippen molar-refractivity contribution in [1.82, 2.24) is 4.90 Å². The molecule has 0 bridgehead atoms. The van der Waals surface area contributed by atoms with Crippen LogP contribution in [0.1, 0.15) is 22.7 Å². The molecule has 0 amide bonds. The molecule has 2 aromatic carbocycles. The highest BCUT2D eigenvalue weighted by Gasteiger charge is 2.40. The molecule has 134 valence electrons. The molecule has 2 aromatic rings. The molecular formula is C18H17ClF3NO2. The Morgan fingerprint density at radius 1 is 1.08 bits per heavy atom. The van der Waals surface area contributed by atoms with Crippen LogP contribution in [0.5, 0.6) is 11.5 Å². The number of phenols is 2. The summed E-state index contributed by atoms with van der Waals surface area (Å²) in [5.74, 6) is -0.417. The lowest BCUT2D eigenvalue weighted by molar-refractivity contribution is -0.152. The SMILES string of the molecule is Cl.Oc1ccc2c(c1O)-c1cccc3c1[C@@H](C2)N(CC(F)(F)F)CC3. The largest absolute Gasteiger partial charge is 0.504 e. The lowest BCUT2D eigenvalue weighted by Crippen LogP contribution is -2.43. The van der Waals surface area contributed by atoms with Crippen LogP contribution in [0.2, 0.25) is 0 Å². The average Bonchev–Trinajstić information content (AvgIpc) is 2.52. The van der Waals surface area contributed by atoms with Crippen molar-refractivity contribution in [2.45, 2.75) is 25.1 Å². The highest BCUT2D eigenvalue weighted by molar-refractivity contribution is 5.85. The van der Waals surface area contributed by atoms with Gasteiger partial charge < -0.3 is 10.2 Å². The van der Waals surface area contributed by atoms with E-state index in [1.165, 1.54) is 11.0 Å². The summed E-state index contributed by atoms with van der Waals surface area (Å²) in [7, 11) is 0. The lowest BCUT2D eigenvalue weighted by atomic mass is 9.76. The summed E-state index contributed by atoms with van der Waals surface area (Å²) in [5, 5.41) is 20.1. The van der Waals surface area contributed by atoms with Crippen LogP contribution in [-0.2, 0) is 12.8 Å². The second-order valence-corrected chi connectivity index (χ2v) is 6.40. The zero-order chi connectivity index (χ0) is 17.1. The maximum absolute atomic E-state index is 12.9. The number of halogens is 4. The number of benzene rings is 2. The molecule has 0 aromatic heterocycles. The number of aromatic hydroxyl groups is 2. The highest BCUT2D eigenvalue weighted by Crippen LogP contribution is 2.50. The first-order valence-corrected chi connectivity index (χ1v) is 7.82. The molecule has 0 saturated heterocycles. The Morgan fingerprint density at radius 2 is 1.84 bits per heavy atom. The molecule has 25 heavy (non-hydrogen) atoms. The van der Waals surface area contributed by atoms with Gasteiger partial charge in [0.1, 0.15) is 0 Å².